The predicted molar refractivity (Wildman–Crippen MR) is 162 cm³/mol. The molecule has 230 valence electrons. The number of hydrogen-bond acceptors (Lipinski definition) is 7. The quantitative estimate of drug-likeness (QED) is 0.0885. The lowest BCUT2D eigenvalue weighted by molar-refractivity contribution is -0.160. The lowest BCUT2D eigenvalue weighted by Gasteiger charge is -2.19. The highest BCUT2D eigenvalue weighted by Gasteiger charge is 2.18. The normalized spacial score (nSPS) is 11.8. The molecule has 0 radical (unpaired) electrons. The Balaban J connectivity index is 2.70. The molecule has 1 aromatic rings. The van der Waals surface area contributed by atoms with Crippen LogP contribution in [-0.4, -0.2) is 56.9 Å². The minimum absolute atomic E-state index is 0.0603. The van der Waals surface area contributed by atoms with E-state index in [2.05, 4.69) is 31.7 Å². The van der Waals surface area contributed by atoms with Gasteiger partial charge in [-0.1, -0.05) is 78.6 Å². The number of benzene rings is 1. The summed E-state index contributed by atoms with van der Waals surface area (Å²) in [6, 6.07) is 5.97. The standard InChI is InChI=1S/C33H57NO6/c1-6-9-12-14-16-18-32(35)39-27-29(40-33(36)19-17-15-13-10-7-2)20-22-38-31-24-28(26-34(4)5)23-30(25-31)37-21-11-8-3/h23-25,29H,6-22,26-27H2,1-5H3. The monoisotopic (exact) mass is 563 g/mol. The molecule has 0 amide bonds. The van der Waals surface area contributed by atoms with E-state index in [1.165, 1.54) is 25.7 Å². The molecule has 1 aromatic carbocycles. The Morgan fingerprint density at radius 3 is 1.82 bits per heavy atom. The second-order valence-corrected chi connectivity index (χ2v) is 11.0. The Kier molecular flexibility index (Phi) is 20.9. The molecule has 0 aliphatic carbocycles. The first-order chi connectivity index (χ1) is 19.4. The Bertz CT molecular complexity index is 797. The van der Waals surface area contributed by atoms with E-state index in [9.17, 15) is 9.59 Å². The van der Waals surface area contributed by atoms with Crippen LogP contribution in [0.15, 0.2) is 18.2 Å². The molecule has 0 bridgehead atoms. The number of ether oxygens (including phenoxy) is 4. The third kappa shape index (κ3) is 18.9. The molecule has 40 heavy (non-hydrogen) atoms. The van der Waals surface area contributed by atoms with E-state index in [0.29, 0.717) is 32.5 Å². The maximum absolute atomic E-state index is 12.5. The van der Waals surface area contributed by atoms with Crippen molar-refractivity contribution in [1.29, 1.82) is 0 Å². The van der Waals surface area contributed by atoms with Crippen LogP contribution in [0.5, 0.6) is 11.5 Å². The van der Waals surface area contributed by atoms with Gasteiger partial charge in [-0.2, -0.15) is 0 Å². The van der Waals surface area contributed by atoms with Crippen LogP contribution in [0.3, 0.4) is 0 Å². The number of nitrogens with zero attached hydrogens (tertiary/aromatic N) is 1. The summed E-state index contributed by atoms with van der Waals surface area (Å²) in [6.45, 7) is 8.32. The minimum Gasteiger partial charge on any atom is -0.493 e. The third-order valence-corrected chi connectivity index (χ3v) is 6.61. The molecule has 1 rings (SSSR count). The van der Waals surface area contributed by atoms with Crippen LogP contribution in [0.25, 0.3) is 0 Å². The fraction of sp³-hybridized carbons (Fsp3) is 0.758. The summed E-state index contributed by atoms with van der Waals surface area (Å²) in [5, 5.41) is 0. The van der Waals surface area contributed by atoms with E-state index in [1.54, 1.807) is 0 Å². The van der Waals surface area contributed by atoms with Crippen molar-refractivity contribution in [2.75, 3.05) is 33.9 Å². The fourth-order valence-electron chi connectivity index (χ4n) is 4.32. The highest BCUT2D eigenvalue weighted by atomic mass is 16.6. The Morgan fingerprint density at radius 2 is 1.25 bits per heavy atom. The van der Waals surface area contributed by atoms with Crippen molar-refractivity contribution < 1.29 is 28.5 Å². The van der Waals surface area contributed by atoms with Crippen molar-refractivity contribution in [3.63, 3.8) is 0 Å². The van der Waals surface area contributed by atoms with Gasteiger partial charge < -0.3 is 23.8 Å². The van der Waals surface area contributed by atoms with E-state index in [4.69, 9.17) is 18.9 Å². The van der Waals surface area contributed by atoms with Gasteiger partial charge in [0, 0.05) is 31.9 Å². The molecule has 0 aliphatic heterocycles. The maximum Gasteiger partial charge on any atom is 0.306 e. The number of unbranched alkanes of at least 4 members (excludes halogenated alkanes) is 9. The molecule has 0 spiro atoms. The Labute approximate surface area is 244 Å². The van der Waals surface area contributed by atoms with Gasteiger partial charge in [-0.15, -0.1) is 0 Å². The zero-order valence-corrected chi connectivity index (χ0v) is 26.1. The lowest BCUT2D eigenvalue weighted by atomic mass is 10.1. The number of rotatable bonds is 25. The second-order valence-electron chi connectivity index (χ2n) is 11.0. The second kappa shape index (κ2) is 23.4. The van der Waals surface area contributed by atoms with Crippen molar-refractivity contribution in [3.05, 3.63) is 23.8 Å². The van der Waals surface area contributed by atoms with E-state index >= 15 is 0 Å². The number of hydrogen-bond donors (Lipinski definition) is 0. The smallest absolute Gasteiger partial charge is 0.306 e. The van der Waals surface area contributed by atoms with Crippen molar-refractivity contribution >= 4 is 11.9 Å². The van der Waals surface area contributed by atoms with E-state index in [1.807, 2.05) is 26.2 Å². The average molecular weight is 564 g/mol. The van der Waals surface area contributed by atoms with Crippen molar-refractivity contribution in [2.24, 2.45) is 0 Å². The van der Waals surface area contributed by atoms with E-state index in [-0.39, 0.29) is 18.5 Å². The molecule has 1 unspecified atom stereocenters. The van der Waals surface area contributed by atoms with Crippen LogP contribution in [-0.2, 0) is 25.6 Å². The molecule has 7 nitrogen and oxygen atoms in total. The van der Waals surface area contributed by atoms with Crippen LogP contribution >= 0.6 is 0 Å². The Morgan fingerprint density at radius 1 is 0.700 bits per heavy atom. The number of carbonyl (C=O) groups excluding carboxylic acids is 2. The SMILES string of the molecule is CCCCCCCC(=O)OCC(CCOc1cc(CN(C)C)cc(OCCCC)c1)OC(=O)CCCCCCC. The van der Waals surface area contributed by atoms with Crippen molar-refractivity contribution in [3.8, 4) is 11.5 Å². The summed E-state index contributed by atoms with van der Waals surface area (Å²) in [6.07, 6.45) is 13.5. The highest BCUT2D eigenvalue weighted by Crippen LogP contribution is 2.24. The third-order valence-electron chi connectivity index (χ3n) is 6.61. The van der Waals surface area contributed by atoms with Crippen LogP contribution in [0.1, 0.15) is 123 Å². The van der Waals surface area contributed by atoms with Gasteiger partial charge in [0.15, 0.2) is 0 Å². The van der Waals surface area contributed by atoms with Crippen LogP contribution in [0.2, 0.25) is 0 Å². The first kappa shape index (κ1) is 35.7. The molecule has 0 saturated heterocycles. The van der Waals surface area contributed by atoms with Gasteiger partial charge in [0.2, 0.25) is 0 Å². The number of esters is 2. The van der Waals surface area contributed by atoms with Crippen LogP contribution < -0.4 is 9.47 Å². The first-order valence-electron chi connectivity index (χ1n) is 15.8. The predicted octanol–water partition coefficient (Wildman–Crippen LogP) is 7.87. The minimum atomic E-state index is -0.530. The van der Waals surface area contributed by atoms with Gasteiger partial charge >= 0.3 is 11.9 Å². The molecule has 0 aliphatic rings. The van der Waals surface area contributed by atoms with Gasteiger partial charge in [0.05, 0.1) is 13.2 Å². The summed E-state index contributed by atoms with van der Waals surface area (Å²) in [5.74, 6) is 1.04. The van der Waals surface area contributed by atoms with Gasteiger partial charge in [-0.05, 0) is 51.1 Å². The Hall–Kier alpha value is -2.28. The number of carbonyl (C=O) groups is 2. The van der Waals surface area contributed by atoms with Gasteiger partial charge in [-0.25, -0.2) is 0 Å². The molecule has 0 heterocycles. The largest absolute Gasteiger partial charge is 0.493 e. The van der Waals surface area contributed by atoms with E-state index < -0.39 is 6.10 Å². The van der Waals surface area contributed by atoms with Gasteiger partial charge in [0.1, 0.15) is 24.2 Å². The summed E-state index contributed by atoms with van der Waals surface area (Å²) >= 11 is 0. The molecule has 0 aromatic heterocycles. The van der Waals surface area contributed by atoms with Crippen molar-refractivity contribution in [1.82, 2.24) is 4.90 Å². The zero-order chi connectivity index (χ0) is 29.4. The summed E-state index contributed by atoms with van der Waals surface area (Å²) in [4.78, 5) is 26.9. The lowest BCUT2D eigenvalue weighted by Crippen LogP contribution is -2.27. The van der Waals surface area contributed by atoms with Crippen molar-refractivity contribution in [2.45, 2.75) is 130 Å². The highest BCUT2D eigenvalue weighted by molar-refractivity contribution is 5.70. The topological polar surface area (TPSA) is 74.3 Å². The molecular weight excluding hydrogens is 506 g/mol. The molecule has 7 heteroatoms. The first-order valence-corrected chi connectivity index (χ1v) is 15.8. The summed E-state index contributed by atoms with van der Waals surface area (Å²) in [7, 11) is 4.06. The molecule has 0 N–H and O–H groups in total. The molecule has 0 fully saturated rings. The van der Waals surface area contributed by atoms with Gasteiger partial charge in [0.25, 0.3) is 0 Å². The van der Waals surface area contributed by atoms with Gasteiger partial charge in [-0.3, -0.25) is 9.59 Å². The fourth-order valence-corrected chi connectivity index (χ4v) is 4.32. The average Bonchev–Trinajstić information content (AvgIpc) is 2.91. The van der Waals surface area contributed by atoms with Crippen LogP contribution in [0.4, 0.5) is 0 Å². The molecule has 0 saturated carbocycles. The van der Waals surface area contributed by atoms with Crippen LogP contribution in [0, 0.1) is 0 Å². The molecular formula is C33H57NO6. The molecule has 1 atom stereocenters. The van der Waals surface area contributed by atoms with E-state index in [0.717, 1.165) is 75.0 Å². The maximum atomic E-state index is 12.5. The summed E-state index contributed by atoms with van der Waals surface area (Å²) < 4.78 is 23.3. The zero-order valence-electron chi connectivity index (χ0n) is 26.1. The summed E-state index contributed by atoms with van der Waals surface area (Å²) in [5.41, 5.74) is 1.10.